The predicted octanol–water partition coefficient (Wildman–Crippen LogP) is 4.17. The molecule has 0 amide bonds. The lowest BCUT2D eigenvalue weighted by molar-refractivity contribution is -0.145. The topological polar surface area (TPSA) is 105 Å². The number of allylic oxidation sites excluding steroid dienone is 1. The maximum atomic E-state index is 14.2. The molecular formula is C31H27ClN2O7S. The highest BCUT2D eigenvalue weighted by molar-refractivity contribution is 7.07. The highest BCUT2D eigenvalue weighted by Crippen LogP contribution is 2.37. The minimum atomic E-state index is -0.906. The van der Waals surface area contributed by atoms with Crippen LogP contribution in [0.2, 0.25) is 5.02 Å². The first-order valence-electron chi connectivity index (χ1n) is 13.0. The van der Waals surface area contributed by atoms with Gasteiger partial charge in [-0.3, -0.25) is 9.36 Å². The molecule has 42 heavy (non-hydrogen) atoms. The van der Waals surface area contributed by atoms with Gasteiger partial charge in [0, 0.05) is 16.1 Å². The van der Waals surface area contributed by atoms with Gasteiger partial charge in [-0.05, 0) is 55.0 Å². The molecule has 0 spiro atoms. The zero-order valence-electron chi connectivity index (χ0n) is 23.3. The maximum absolute atomic E-state index is 14.2. The molecule has 5 rings (SSSR count). The van der Waals surface area contributed by atoms with Crippen LogP contribution in [0.3, 0.4) is 0 Å². The Morgan fingerprint density at radius 2 is 1.86 bits per heavy atom. The van der Waals surface area contributed by atoms with Crippen LogP contribution in [-0.4, -0.2) is 43.9 Å². The van der Waals surface area contributed by atoms with E-state index >= 15 is 0 Å². The van der Waals surface area contributed by atoms with E-state index < -0.39 is 18.0 Å². The number of ether oxygens (including phenoxy) is 4. The van der Waals surface area contributed by atoms with Crippen molar-refractivity contribution in [1.29, 1.82) is 0 Å². The summed E-state index contributed by atoms with van der Waals surface area (Å²) in [6.45, 7) is 3.36. The number of rotatable bonds is 8. The maximum Gasteiger partial charge on any atom is 0.344 e. The van der Waals surface area contributed by atoms with E-state index in [0.29, 0.717) is 42.7 Å². The number of carbonyl (C=O) groups is 2. The molecule has 0 saturated heterocycles. The fourth-order valence-electron chi connectivity index (χ4n) is 4.93. The number of esters is 2. The van der Waals surface area contributed by atoms with Crippen molar-refractivity contribution in [3.05, 3.63) is 102 Å². The average molecular weight is 607 g/mol. The van der Waals surface area contributed by atoms with Crippen molar-refractivity contribution in [1.82, 2.24) is 4.57 Å². The van der Waals surface area contributed by atoms with Gasteiger partial charge in [0.1, 0.15) is 17.5 Å². The van der Waals surface area contributed by atoms with Crippen LogP contribution in [-0.2, 0) is 19.1 Å². The minimum Gasteiger partial charge on any atom is -0.496 e. The lowest BCUT2D eigenvalue weighted by atomic mass is 9.95. The quantitative estimate of drug-likeness (QED) is 0.277. The lowest BCUT2D eigenvalue weighted by Crippen LogP contribution is -2.40. The van der Waals surface area contributed by atoms with Gasteiger partial charge in [-0.15, -0.1) is 0 Å². The van der Waals surface area contributed by atoms with Gasteiger partial charge in [-0.1, -0.05) is 53.3 Å². The number of fused-ring (bicyclic) bond motifs is 2. The number of carbonyl (C=O) groups excluding carboxylic acids is 2. The van der Waals surface area contributed by atoms with Crippen LogP contribution in [0, 0.1) is 0 Å². The van der Waals surface area contributed by atoms with Crippen LogP contribution < -0.4 is 24.4 Å². The average Bonchev–Trinajstić information content (AvgIpc) is 3.29. The molecule has 0 saturated carbocycles. The summed E-state index contributed by atoms with van der Waals surface area (Å²) < 4.78 is 23.4. The van der Waals surface area contributed by atoms with Gasteiger partial charge in [-0.2, -0.15) is 0 Å². The van der Waals surface area contributed by atoms with Crippen LogP contribution in [0.15, 0.2) is 75.7 Å². The molecule has 2 heterocycles. The number of hydrogen-bond donors (Lipinski definition) is 0. The molecule has 0 radical (unpaired) electrons. The SMILES string of the molecule is CCOC(=O)COc1ccc2ccccc2c1/C=c1\sc2n(c1=O)[C@@H](c1cc(Cl)ccc1OC)C(C(=O)OC)=C(C)N=2. The minimum absolute atomic E-state index is 0.195. The number of thiazole rings is 1. The zero-order valence-corrected chi connectivity index (χ0v) is 24.9. The Morgan fingerprint density at radius 3 is 2.60 bits per heavy atom. The second-order valence-electron chi connectivity index (χ2n) is 9.25. The van der Waals surface area contributed by atoms with E-state index in [4.69, 9.17) is 30.5 Å². The molecule has 0 fully saturated rings. The summed E-state index contributed by atoms with van der Waals surface area (Å²) in [5.41, 5.74) is 1.34. The highest BCUT2D eigenvalue weighted by atomic mass is 35.5. The van der Waals surface area contributed by atoms with Gasteiger partial charge >= 0.3 is 11.9 Å². The third-order valence-corrected chi connectivity index (χ3v) is 7.99. The second kappa shape index (κ2) is 12.2. The van der Waals surface area contributed by atoms with E-state index in [1.54, 1.807) is 44.2 Å². The fraction of sp³-hybridized carbons (Fsp3) is 0.226. The Hall–Kier alpha value is -4.41. The number of halogens is 1. The van der Waals surface area contributed by atoms with Crippen molar-refractivity contribution < 1.29 is 28.5 Å². The van der Waals surface area contributed by atoms with Crippen molar-refractivity contribution in [2.24, 2.45) is 4.99 Å². The standard InChI is InChI=1S/C31H27ClN2O7S/c1-5-40-26(35)16-41-24-12-10-18-8-6-7-9-20(18)21(24)15-25-29(36)34-28(22-14-19(32)11-13-23(22)38-3)27(30(37)39-4)17(2)33-31(34)42-25/h6-15,28H,5,16H2,1-4H3/b25-15-/t28-/m0/s1. The summed E-state index contributed by atoms with van der Waals surface area (Å²) >= 11 is 7.53. The molecule has 4 aromatic rings. The Morgan fingerprint density at radius 1 is 1.10 bits per heavy atom. The Labute approximate surface area is 249 Å². The normalized spacial score (nSPS) is 14.8. The summed E-state index contributed by atoms with van der Waals surface area (Å²) in [5.74, 6) is -0.274. The molecular weight excluding hydrogens is 580 g/mol. The fourth-order valence-corrected chi connectivity index (χ4v) is 6.14. The van der Waals surface area contributed by atoms with E-state index in [2.05, 4.69) is 4.99 Å². The Kier molecular flexibility index (Phi) is 8.46. The molecule has 1 aliphatic heterocycles. The smallest absolute Gasteiger partial charge is 0.344 e. The first-order chi connectivity index (χ1) is 20.3. The summed E-state index contributed by atoms with van der Waals surface area (Å²) in [6.07, 6.45) is 1.72. The van der Waals surface area contributed by atoms with E-state index in [1.807, 2.05) is 30.3 Å². The second-order valence-corrected chi connectivity index (χ2v) is 10.7. The van der Waals surface area contributed by atoms with Crippen molar-refractivity contribution in [3.63, 3.8) is 0 Å². The highest BCUT2D eigenvalue weighted by Gasteiger charge is 2.35. The molecule has 1 atom stereocenters. The van der Waals surface area contributed by atoms with E-state index in [0.717, 1.165) is 10.8 Å². The third-order valence-electron chi connectivity index (χ3n) is 6.77. The van der Waals surface area contributed by atoms with Crippen LogP contribution in [0.1, 0.15) is 31.0 Å². The van der Waals surface area contributed by atoms with Crippen molar-refractivity contribution in [2.45, 2.75) is 19.9 Å². The molecule has 216 valence electrons. The van der Waals surface area contributed by atoms with Crippen molar-refractivity contribution in [2.75, 3.05) is 27.4 Å². The first-order valence-corrected chi connectivity index (χ1v) is 14.2. The monoisotopic (exact) mass is 606 g/mol. The van der Waals surface area contributed by atoms with Gasteiger partial charge in [0.25, 0.3) is 5.56 Å². The third kappa shape index (κ3) is 5.43. The van der Waals surface area contributed by atoms with E-state index in [9.17, 15) is 14.4 Å². The summed E-state index contributed by atoms with van der Waals surface area (Å²) in [7, 11) is 2.78. The number of aromatic nitrogens is 1. The van der Waals surface area contributed by atoms with Gasteiger partial charge in [0.2, 0.25) is 0 Å². The molecule has 9 nitrogen and oxygen atoms in total. The molecule has 0 aliphatic carbocycles. The molecule has 1 aliphatic rings. The first kappa shape index (κ1) is 29.1. The summed E-state index contributed by atoms with van der Waals surface area (Å²) in [6, 6.07) is 15.4. The van der Waals surface area contributed by atoms with Crippen LogP contribution in [0.5, 0.6) is 11.5 Å². The zero-order chi connectivity index (χ0) is 30.0. The predicted molar refractivity (Wildman–Crippen MR) is 160 cm³/mol. The number of hydrogen-bond acceptors (Lipinski definition) is 9. The van der Waals surface area contributed by atoms with Gasteiger partial charge < -0.3 is 18.9 Å². The summed E-state index contributed by atoms with van der Waals surface area (Å²) in [5, 5.41) is 2.15. The Bertz CT molecular complexity index is 1930. The molecule has 0 unspecified atom stereocenters. The number of methoxy groups -OCH3 is 2. The molecule has 0 N–H and O–H groups in total. The summed E-state index contributed by atoms with van der Waals surface area (Å²) in [4.78, 5) is 44.2. The molecule has 0 bridgehead atoms. The number of nitrogens with zero attached hydrogens (tertiary/aromatic N) is 2. The van der Waals surface area contributed by atoms with Crippen LogP contribution >= 0.6 is 22.9 Å². The molecule has 3 aromatic carbocycles. The van der Waals surface area contributed by atoms with Crippen LogP contribution in [0.25, 0.3) is 16.8 Å². The van der Waals surface area contributed by atoms with Gasteiger partial charge in [0.05, 0.1) is 36.6 Å². The van der Waals surface area contributed by atoms with Crippen molar-refractivity contribution in [3.8, 4) is 11.5 Å². The van der Waals surface area contributed by atoms with Gasteiger partial charge in [-0.25, -0.2) is 14.6 Å². The molecule has 1 aromatic heterocycles. The Balaban J connectivity index is 1.75. The molecule has 11 heteroatoms. The van der Waals surface area contributed by atoms with E-state index in [-0.39, 0.29) is 24.3 Å². The van der Waals surface area contributed by atoms with Crippen LogP contribution in [0.4, 0.5) is 0 Å². The largest absolute Gasteiger partial charge is 0.496 e. The van der Waals surface area contributed by atoms with E-state index in [1.165, 1.54) is 30.1 Å². The number of benzene rings is 3. The van der Waals surface area contributed by atoms with Gasteiger partial charge in [0.15, 0.2) is 11.4 Å². The lowest BCUT2D eigenvalue weighted by Gasteiger charge is -2.25. The van der Waals surface area contributed by atoms with Crippen molar-refractivity contribution >= 4 is 51.7 Å².